The Bertz CT molecular complexity index is 631. The Hall–Kier alpha value is -1.87. The van der Waals surface area contributed by atoms with Gasteiger partial charge in [0.05, 0.1) is 11.9 Å². The standard InChI is InChI=1S/C12H8ClN3/c13-12-10-9(7-15-16-12)6-14-11(10)8-4-2-1-3-5-8/h1-7,14H. The molecule has 4 heteroatoms. The number of nitrogens with zero attached hydrogens (tertiary/aromatic N) is 2. The highest BCUT2D eigenvalue weighted by molar-refractivity contribution is 6.35. The van der Waals surface area contributed by atoms with Crippen molar-refractivity contribution in [2.75, 3.05) is 0 Å². The van der Waals surface area contributed by atoms with Crippen molar-refractivity contribution in [2.45, 2.75) is 0 Å². The molecule has 0 aliphatic rings. The molecule has 16 heavy (non-hydrogen) atoms. The lowest BCUT2D eigenvalue weighted by atomic mass is 10.1. The van der Waals surface area contributed by atoms with Crippen LogP contribution in [0.15, 0.2) is 42.7 Å². The third kappa shape index (κ3) is 1.37. The predicted molar refractivity (Wildman–Crippen MR) is 64.3 cm³/mol. The van der Waals surface area contributed by atoms with Gasteiger partial charge < -0.3 is 4.98 Å². The van der Waals surface area contributed by atoms with E-state index in [1.807, 2.05) is 36.5 Å². The maximum atomic E-state index is 6.06. The van der Waals surface area contributed by atoms with Crippen molar-refractivity contribution in [1.82, 2.24) is 15.2 Å². The number of halogens is 1. The van der Waals surface area contributed by atoms with Gasteiger partial charge in [0, 0.05) is 17.0 Å². The first-order chi connectivity index (χ1) is 7.86. The van der Waals surface area contributed by atoms with Gasteiger partial charge in [0.2, 0.25) is 0 Å². The topological polar surface area (TPSA) is 41.6 Å². The monoisotopic (exact) mass is 229 g/mol. The molecule has 3 aromatic rings. The Balaban J connectivity index is 2.33. The summed E-state index contributed by atoms with van der Waals surface area (Å²) < 4.78 is 0. The number of nitrogens with one attached hydrogen (secondary N) is 1. The van der Waals surface area contributed by atoms with Crippen molar-refractivity contribution in [1.29, 1.82) is 0 Å². The molecule has 0 aliphatic carbocycles. The summed E-state index contributed by atoms with van der Waals surface area (Å²) in [5.41, 5.74) is 2.07. The van der Waals surface area contributed by atoms with E-state index < -0.39 is 0 Å². The number of benzene rings is 1. The molecule has 0 saturated heterocycles. The van der Waals surface area contributed by atoms with Crippen LogP contribution in [-0.2, 0) is 0 Å². The van der Waals surface area contributed by atoms with Crippen LogP contribution in [0.2, 0.25) is 5.15 Å². The molecule has 3 rings (SSSR count). The Morgan fingerprint density at radius 3 is 2.75 bits per heavy atom. The second-order valence-electron chi connectivity index (χ2n) is 3.50. The predicted octanol–water partition coefficient (Wildman–Crippen LogP) is 3.28. The Kier molecular flexibility index (Phi) is 2.11. The van der Waals surface area contributed by atoms with E-state index in [0.717, 1.165) is 22.0 Å². The average Bonchev–Trinajstić information content (AvgIpc) is 2.75. The highest BCUT2D eigenvalue weighted by Crippen LogP contribution is 2.30. The molecular formula is C12H8ClN3. The molecule has 0 radical (unpaired) electrons. The van der Waals surface area contributed by atoms with Gasteiger partial charge in [-0.05, 0) is 5.56 Å². The van der Waals surface area contributed by atoms with Crippen molar-refractivity contribution in [2.24, 2.45) is 0 Å². The zero-order valence-electron chi connectivity index (χ0n) is 8.31. The molecule has 0 spiro atoms. The summed E-state index contributed by atoms with van der Waals surface area (Å²) in [5, 5.41) is 10.00. The van der Waals surface area contributed by atoms with Crippen LogP contribution >= 0.6 is 11.6 Å². The minimum Gasteiger partial charge on any atom is -0.360 e. The third-order valence-electron chi connectivity index (χ3n) is 2.52. The minimum absolute atomic E-state index is 0.428. The van der Waals surface area contributed by atoms with Gasteiger partial charge in [-0.25, -0.2) is 0 Å². The summed E-state index contributed by atoms with van der Waals surface area (Å²) in [6.07, 6.45) is 3.59. The Morgan fingerprint density at radius 1 is 1.12 bits per heavy atom. The second-order valence-corrected chi connectivity index (χ2v) is 3.85. The van der Waals surface area contributed by atoms with Gasteiger partial charge in [-0.1, -0.05) is 41.9 Å². The normalized spacial score (nSPS) is 10.8. The summed E-state index contributed by atoms with van der Waals surface area (Å²) in [6, 6.07) is 10.0. The Morgan fingerprint density at radius 2 is 1.94 bits per heavy atom. The molecule has 0 aliphatic heterocycles. The number of rotatable bonds is 1. The zero-order chi connectivity index (χ0) is 11.0. The van der Waals surface area contributed by atoms with E-state index in [-0.39, 0.29) is 0 Å². The van der Waals surface area contributed by atoms with Crippen molar-refractivity contribution in [3.05, 3.63) is 47.9 Å². The average molecular weight is 230 g/mol. The van der Waals surface area contributed by atoms with E-state index >= 15 is 0 Å². The first-order valence-corrected chi connectivity index (χ1v) is 5.28. The zero-order valence-corrected chi connectivity index (χ0v) is 9.07. The van der Waals surface area contributed by atoms with Crippen molar-refractivity contribution >= 4 is 22.4 Å². The van der Waals surface area contributed by atoms with E-state index in [9.17, 15) is 0 Å². The summed E-state index contributed by atoms with van der Waals surface area (Å²) in [6.45, 7) is 0. The van der Waals surface area contributed by atoms with Crippen LogP contribution in [0.3, 0.4) is 0 Å². The van der Waals surface area contributed by atoms with Crippen LogP contribution in [0.5, 0.6) is 0 Å². The highest BCUT2D eigenvalue weighted by Gasteiger charge is 2.10. The molecule has 0 bridgehead atoms. The van der Waals surface area contributed by atoms with E-state index in [4.69, 9.17) is 11.6 Å². The maximum Gasteiger partial charge on any atom is 0.161 e. The molecule has 1 N–H and O–H groups in total. The van der Waals surface area contributed by atoms with E-state index in [1.54, 1.807) is 6.20 Å². The number of aromatic nitrogens is 3. The van der Waals surface area contributed by atoms with Gasteiger partial charge in [0.1, 0.15) is 0 Å². The molecule has 0 atom stereocenters. The number of H-pyrrole nitrogens is 1. The molecule has 0 amide bonds. The van der Waals surface area contributed by atoms with Gasteiger partial charge >= 0.3 is 0 Å². The molecule has 78 valence electrons. The van der Waals surface area contributed by atoms with Crippen LogP contribution in [0.25, 0.3) is 22.0 Å². The first-order valence-electron chi connectivity index (χ1n) is 4.90. The largest absolute Gasteiger partial charge is 0.360 e. The quantitative estimate of drug-likeness (QED) is 0.696. The fraction of sp³-hybridized carbons (Fsp3) is 0. The van der Waals surface area contributed by atoms with Crippen LogP contribution < -0.4 is 0 Å². The number of aromatic amines is 1. The van der Waals surface area contributed by atoms with Crippen LogP contribution in [0, 0.1) is 0 Å². The van der Waals surface area contributed by atoms with Gasteiger partial charge in [-0.3, -0.25) is 0 Å². The van der Waals surface area contributed by atoms with Crippen LogP contribution in [-0.4, -0.2) is 15.2 Å². The summed E-state index contributed by atoms with van der Waals surface area (Å²) in [5.74, 6) is 0. The molecule has 1 aromatic carbocycles. The summed E-state index contributed by atoms with van der Waals surface area (Å²) >= 11 is 6.06. The van der Waals surface area contributed by atoms with Gasteiger partial charge in [0.15, 0.2) is 5.15 Å². The minimum atomic E-state index is 0.428. The lowest BCUT2D eigenvalue weighted by Gasteiger charge is -1.99. The molecule has 2 heterocycles. The molecular weight excluding hydrogens is 222 g/mol. The van der Waals surface area contributed by atoms with Gasteiger partial charge in [-0.2, -0.15) is 5.10 Å². The number of hydrogen-bond donors (Lipinski definition) is 1. The summed E-state index contributed by atoms with van der Waals surface area (Å²) in [7, 11) is 0. The lowest BCUT2D eigenvalue weighted by Crippen LogP contribution is -1.83. The molecule has 3 nitrogen and oxygen atoms in total. The fourth-order valence-electron chi connectivity index (χ4n) is 1.79. The van der Waals surface area contributed by atoms with Crippen LogP contribution in [0.1, 0.15) is 0 Å². The molecule has 2 aromatic heterocycles. The SMILES string of the molecule is Clc1nncc2c[nH]c(-c3ccccc3)c12. The number of hydrogen-bond acceptors (Lipinski definition) is 2. The third-order valence-corrected chi connectivity index (χ3v) is 2.79. The smallest absolute Gasteiger partial charge is 0.161 e. The summed E-state index contributed by atoms with van der Waals surface area (Å²) in [4.78, 5) is 3.21. The number of fused-ring (bicyclic) bond motifs is 1. The fourth-order valence-corrected chi connectivity index (χ4v) is 2.03. The lowest BCUT2D eigenvalue weighted by molar-refractivity contribution is 1.05. The van der Waals surface area contributed by atoms with Gasteiger partial charge in [-0.15, -0.1) is 5.10 Å². The maximum absolute atomic E-state index is 6.06. The first kappa shape index (κ1) is 9.36. The highest BCUT2D eigenvalue weighted by atomic mass is 35.5. The second kappa shape index (κ2) is 3.61. The molecule has 0 unspecified atom stereocenters. The van der Waals surface area contributed by atoms with Crippen molar-refractivity contribution in [3.8, 4) is 11.3 Å². The molecule has 0 fully saturated rings. The van der Waals surface area contributed by atoms with Crippen LogP contribution in [0.4, 0.5) is 0 Å². The van der Waals surface area contributed by atoms with E-state index in [1.165, 1.54) is 0 Å². The van der Waals surface area contributed by atoms with Gasteiger partial charge in [0.25, 0.3) is 0 Å². The van der Waals surface area contributed by atoms with Crippen molar-refractivity contribution in [3.63, 3.8) is 0 Å². The van der Waals surface area contributed by atoms with E-state index in [0.29, 0.717) is 5.15 Å². The van der Waals surface area contributed by atoms with E-state index in [2.05, 4.69) is 15.2 Å². The Labute approximate surface area is 97.1 Å². The van der Waals surface area contributed by atoms with Crippen molar-refractivity contribution < 1.29 is 0 Å². The molecule has 0 saturated carbocycles.